The van der Waals surface area contributed by atoms with Gasteiger partial charge in [0.1, 0.15) is 0 Å². The van der Waals surface area contributed by atoms with Crippen molar-refractivity contribution in [1.82, 2.24) is 0 Å². The lowest BCUT2D eigenvalue weighted by Crippen LogP contribution is -2.14. The Labute approximate surface area is 81.4 Å². The molecule has 1 aromatic rings. The maximum atomic E-state index is 11.4. The largest absolute Gasteiger partial charge is 0.330 e. The zero-order valence-electron chi connectivity index (χ0n) is 7.31. The molecule has 0 amide bonds. The van der Waals surface area contributed by atoms with E-state index in [2.05, 4.69) is 8.44 Å². The van der Waals surface area contributed by atoms with Gasteiger partial charge in [-0.1, -0.05) is 12.1 Å². The van der Waals surface area contributed by atoms with Gasteiger partial charge in [-0.15, -0.1) is 0 Å². The number of hydrogen-bond acceptors (Lipinski definition) is 2. The number of nitrogens with two attached hydrogens (primary N) is 2. The lowest BCUT2D eigenvalue weighted by atomic mass is 10.2. The summed E-state index contributed by atoms with van der Waals surface area (Å²) < 4.78 is 11.4. The zero-order valence-corrected chi connectivity index (χ0v) is 9.36. The van der Waals surface area contributed by atoms with Crippen LogP contribution < -0.4 is 10.9 Å². The molecule has 0 radical (unpaired) electrons. The molecule has 0 saturated heterocycles. The number of thiol groups is 1. The van der Waals surface area contributed by atoms with Crippen molar-refractivity contribution < 1.29 is 4.21 Å². The van der Waals surface area contributed by atoms with Gasteiger partial charge in [0.2, 0.25) is 0 Å². The fraction of sp³-hybridized carbons (Fsp3) is 0.250. The summed E-state index contributed by atoms with van der Waals surface area (Å²) >= 11 is 0. The molecule has 0 aromatic heterocycles. The molecule has 74 valence electrons. The third kappa shape index (κ3) is 3.16. The van der Waals surface area contributed by atoms with E-state index in [0.29, 0.717) is 11.4 Å². The van der Waals surface area contributed by atoms with Crippen molar-refractivity contribution in [3.63, 3.8) is 0 Å². The van der Waals surface area contributed by atoms with Crippen LogP contribution in [-0.4, -0.2) is 10.8 Å². The molecule has 1 unspecified atom stereocenters. The minimum atomic E-state index is -2.67. The Kier molecular flexibility index (Phi) is 3.56. The second-order valence-corrected chi connectivity index (χ2v) is 7.15. The molecule has 0 aliphatic heterocycles. The minimum Gasteiger partial charge on any atom is -0.330 e. The second-order valence-electron chi connectivity index (χ2n) is 2.91. The van der Waals surface area contributed by atoms with Gasteiger partial charge in [-0.2, -0.15) is 0 Å². The summed E-state index contributed by atoms with van der Waals surface area (Å²) in [6.07, 6.45) is 0.839. The number of hydrogen-bond donors (Lipinski definition) is 3. The Morgan fingerprint density at radius 1 is 1.31 bits per heavy atom. The third-order valence-electron chi connectivity index (χ3n) is 1.77. The summed E-state index contributed by atoms with van der Waals surface area (Å²) in [5, 5.41) is 5.47. The SMILES string of the molecule is NCCc1ccc([SH](N)(=O)P)cc1. The van der Waals surface area contributed by atoms with Crippen molar-refractivity contribution >= 4 is 18.2 Å². The molecule has 0 bridgehead atoms. The monoisotopic (exact) mass is 218 g/mol. The van der Waals surface area contributed by atoms with Gasteiger partial charge in [0.05, 0.1) is 0 Å². The second kappa shape index (κ2) is 4.29. The Bertz CT molecular complexity index is 319. The molecule has 1 atom stereocenters. The molecule has 0 aliphatic carbocycles. The molecule has 5 heteroatoms. The summed E-state index contributed by atoms with van der Waals surface area (Å²) in [4.78, 5) is 0.679. The highest BCUT2D eigenvalue weighted by Crippen LogP contribution is 2.20. The van der Waals surface area contributed by atoms with Gasteiger partial charge in [-0.05, 0) is 48.8 Å². The molecule has 3 nitrogen and oxygen atoms in total. The van der Waals surface area contributed by atoms with Crippen molar-refractivity contribution in [3.05, 3.63) is 29.8 Å². The lowest BCUT2D eigenvalue weighted by molar-refractivity contribution is 0.681. The molecule has 1 rings (SSSR count). The van der Waals surface area contributed by atoms with Crippen LogP contribution in [0.5, 0.6) is 0 Å². The van der Waals surface area contributed by atoms with Crippen LogP contribution in [0.2, 0.25) is 0 Å². The number of benzene rings is 1. The zero-order chi connectivity index (χ0) is 9.90. The normalized spacial score (nSPS) is 12.8. The van der Waals surface area contributed by atoms with Crippen LogP contribution in [0.3, 0.4) is 0 Å². The maximum Gasteiger partial charge on any atom is 0.0299 e. The summed E-state index contributed by atoms with van der Waals surface area (Å²) in [7, 11) is -0.489. The van der Waals surface area contributed by atoms with Gasteiger partial charge in [-0.3, -0.25) is 9.35 Å². The van der Waals surface area contributed by atoms with Gasteiger partial charge in [0, 0.05) is 4.90 Å². The van der Waals surface area contributed by atoms with Crippen LogP contribution in [0.1, 0.15) is 5.56 Å². The first-order chi connectivity index (χ1) is 6.04. The van der Waals surface area contributed by atoms with E-state index in [9.17, 15) is 4.21 Å². The minimum absolute atomic E-state index is 0.626. The van der Waals surface area contributed by atoms with E-state index in [1.54, 1.807) is 12.1 Å². The first-order valence-electron chi connectivity index (χ1n) is 4.01. The average Bonchev–Trinajstić information content (AvgIpc) is 2.04. The van der Waals surface area contributed by atoms with E-state index in [0.717, 1.165) is 12.0 Å². The quantitative estimate of drug-likeness (QED) is 0.502. The smallest absolute Gasteiger partial charge is 0.0299 e. The van der Waals surface area contributed by atoms with Gasteiger partial charge in [0.15, 0.2) is 0 Å². The van der Waals surface area contributed by atoms with Gasteiger partial charge in [0.25, 0.3) is 0 Å². The fourth-order valence-electron chi connectivity index (χ4n) is 1.06. The van der Waals surface area contributed by atoms with Crippen molar-refractivity contribution in [2.45, 2.75) is 11.3 Å². The highest BCUT2D eigenvalue weighted by Gasteiger charge is 2.03. The van der Waals surface area contributed by atoms with E-state index < -0.39 is 9.74 Å². The maximum absolute atomic E-state index is 11.4. The third-order valence-corrected chi connectivity index (χ3v) is 3.77. The van der Waals surface area contributed by atoms with Crippen molar-refractivity contribution in [2.75, 3.05) is 6.54 Å². The molecular weight excluding hydrogens is 203 g/mol. The predicted molar refractivity (Wildman–Crippen MR) is 60.9 cm³/mol. The van der Waals surface area contributed by atoms with Crippen LogP contribution in [-0.2, 0) is 16.2 Å². The summed E-state index contributed by atoms with van der Waals surface area (Å²) in [5.41, 5.74) is 6.54. The Morgan fingerprint density at radius 2 is 1.85 bits per heavy atom. The Balaban J connectivity index is 2.88. The molecule has 0 fully saturated rings. The Hall–Kier alpha value is -0.280. The molecule has 0 aliphatic rings. The molecule has 1 aromatic carbocycles. The molecule has 4 N–H and O–H groups in total. The van der Waals surface area contributed by atoms with Gasteiger partial charge < -0.3 is 5.73 Å². The van der Waals surface area contributed by atoms with E-state index in [1.165, 1.54) is 0 Å². The fourth-order valence-corrected chi connectivity index (χ4v) is 2.19. The van der Waals surface area contributed by atoms with Crippen molar-refractivity contribution in [2.24, 2.45) is 10.9 Å². The standard InChI is InChI=1S/C8H15N2OPS/c9-6-5-7-1-3-8(4-2-7)13(10,11)12/h1-4,13H,5-6,9,12H2,(H2,10,11). The van der Waals surface area contributed by atoms with E-state index in [1.807, 2.05) is 12.1 Å². The van der Waals surface area contributed by atoms with E-state index in [-0.39, 0.29) is 0 Å². The van der Waals surface area contributed by atoms with E-state index in [4.69, 9.17) is 10.9 Å². The molecule has 0 saturated carbocycles. The van der Waals surface area contributed by atoms with E-state index >= 15 is 0 Å². The summed E-state index contributed by atoms with van der Waals surface area (Å²) in [6, 6.07) is 7.40. The first kappa shape index (κ1) is 10.8. The van der Waals surface area contributed by atoms with Gasteiger partial charge in [-0.25, -0.2) is 0 Å². The topological polar surface area (TPSA) is 69.1 Å². The van der Waals surface area contributed by atoms with Crippen LogP contribution in [0, 0.1) is 0 Å². The molecule has 0 heterocycles. The summed E-state index contributed by atoms with van der Waals surface area (Å²) in [6.45, 7) is 0.626. The highest BCUT2D eigenvalue weighted by atomic mass is 32.8. The lowest BCUT2D eigenvalue weighted by Gasteiger charge is -2.12. The molecule has 13 heavy (non-hydrogen) atoms. The van der Waals surface area contributed by atoms with Crippen molar-refractivity contribution in [1.29, 1.82) is 0 Å². The highest BCUT2D eigenvalue weighted by molar-refractivity contribution is 8.44. The van der Waals surface area contributed by atoms with Crippen LogP contribution >= 0.6 is 8.44 Å². The van der Waals surface area contributed by atoms with Crippen LogP contribution in [0.15, 0.2) is 29.2 Å². The van der Waals surface area contributed by atoms with Crippen LogP contribution in [0.4, 0.5) is 0 Å². The van der Waals surface area contributed by atoms with Crippen LogP contribution in [0.25, 0.3) is 0 Å². The van der Waals surface area contributed by atoms with Crippen molar-refractivity contribution in [3.8, 4) is 0 Å². The first-order valence-corrected chi connectivity index (χ1v) is 7.40. The molecular formula is C8H15N2OPS. The predicted octanol–water partition coefficient (Wildman–Crippen LogP) is 0.227. The number of rotatable bonds is 3. The molecule has 0 spiro atoms. The summed E-state index contributed by atoms with van der Waals surface area (Å²) in [5.74, 6) is 0. The van der Waals surface area contributed by atoms with Gasteiger partial charge >= 0.3 is 0 Å². The average molecular weight is 218 g/mol. The Morgan fingerprint density at radius 3 is 2.23 bits per heavy atom.